The minimum absolute atomic E-state index is 0.598. The number of ether oxygens (including phenoxy) is 2. The first-order valence-electron chi connectivity index (χ1n) is 9.86. The minimum atomic E-state index is 0.598. The van der Waals surface area contributed by atoms with Gasteiger partial charge in [-0.25, -0.2) is 14.6 Å². The van der Waals surface area contributed by atoms with Gasteiger partial charge in [-0.15, -0.1) is 11.3 Å². The quantitative estimate of drug-likeness (QED) is 0.367. The van der Waals surface area contributed by atoms with Crippen LogP contribution in [0.4, 0.5) is 10.8 Å². The first-order chi connectivity index (χ1) is 15.3. The van der Waals surface area contributed by atoms with Gasteiger partial charge in [-0.2, -0.15) is 10.2 Å². The Hall–Kier alpha value is -3.50. The number of thiophene rings is 1. The molecule has 3 aromatic heterocycles. The Labute approximate surface area is 183 Å². The summed E-state index contributed by atoms with van der Waals surface area (Å²) in [5.74, 6) is 1.35. The van der Waals surface area contributed by atoms with Crippen molar-refractivity contribution in [2.75, 3.05) is 43.7 Å². The van der Waals surface area contributed by atoms with Crippen LogP contribution in [0.15, 0.2) is 54.0 Å². The molecule has 1 aromatic carbocycles. The molecule has 4 heterocycles. The Kier molecular flexibility index (Phi) is 5.46. The van der Waals surface area contributed by atoms with E-state index < -0.39 is 0 Å². The van der Waals surface area contributed by atoms with Gasteiger partial charge in [0.05, 0.1) is 48.8 Å². The van der Waals surface area contributed by atoms with Crippen LogP contribution < -0.4 is 15.1 Å². The van der Waals surface area contributed by atoms with Gasteiger partial charge >= 0.3 is 0 Å². The first kappa shape index (κ1) is 19.5. The molecule has 0 unspecified atom stereocenters. The van der Waals surface area contributed by atoms with Crippen molar-refractivity contribution >= 4 is 39.4 Å². The van der Waals surface area contributed by atoms with E-state index >= 15 is 0 Å². The fourth-order valence-electron chi connectivity index (χ4n) is 3.39. The third-order valence-electron chi connectivity index (χ3n) is 4.96. The predicted molar refractivity (Wildman–Crippen MR) is 122 cm³/mol. The Balaban J connectivity index is 1.34. The number of hydrogen-bond donors (Lipinski definition) is 1. The Bertz CT molecular complexity index is 1210. The van der Waals surface area contributed by atoms with Gasteiger partial charge in [-0.1, -0.05) is 6.07 Å². The molecule has 1 aliphatic heterocycles. The highest BCUT2D eigenvalue weighted by atomic mass is 32.1. The van der Waals surface area contributed by atoms with Crippen LogP contribution in [0, 0.1) is 0 Å². The summed E-state index contributed by atoms with van der Waals surface area (Å²) in [5.41, 5.74) is 4.57. The van der Waals surface area contributed by atoms with E-state index in [2.05, 4.69) is 42.6 Å². The lowest BCUT2D eigenvalue weighted by molar-refractivity contribution is 0.123. The maximum Gasteiger partial charge on any atom is 0.168 e. The molecule has 1 fully saturated rings. The molecule has 0 amide bonds. The van der Waals surface area contributed by atoms with E-state index in [1.807, 2.05) is 24.3 Å². The maximum atomic E-state index is 5.42. The molecular weight excluding hydrogens is 414 g/mol. The summed E-state index contributed by atoms with van der Waals surface area (Å²) in [5, 5.41) is 10.9. The number of nitrogens with one attached hydrogen (secondary N) is 1. The number of aromatic nitrogens is 4. The van der Waals surface area contributed by atoms with Crippen LogP contribution in [-0.2, 0) is 4.74 Å². The molecule has 10 heteroatoms. The summed E-state index contributed by atoms with van der Waals surface area (Å²) >= 11 is 1.70. The van der Waals surface area contributed by atoms with E-state index in [1.54, 1.807) is 35.5 Å². The first-order valence-corrected chi connectivity index (χ1v) is 10.7. The van der Waals surface area contributed by atoms with E-state index in [1.165, 1.54) is 11.3 Å². The summed E-state index contributed by atoms with van der Waals surface area (Å²) in [7, 11) is 1.64. The van der Waals surface area contributed by atoms with Gasteiger partial charge < -0.3 is 14.4 Å². The molecule has 4 aromatic rings. The van der Waals surface area contributed by atoms with E-state index in [4.69, 9.17) is 9.47 Å². The molecule has 0 atom stereocenters. The molecule has 5 rings (SSSR count). The van der Waals surface area contributed by atoms with E-state index in [-0.39, 0.29) is 0 Å². The summed E-state index contributed by atoms with van der Waals surface area (Å²) < 4.78 is 12.5. The molecule has 0 spiro atoms. The molecule has 31 heavy (non-hydrogen) atoms. The van der Waals surface area contributed by atoms with Gasteiger partial charge in [0, 0.05) is 24.0 Å². The lowest BCUT2D eigenvalue weighted by Crippen LogP contribution is -2.35. The number of methoxy groups -OCH3 is 1. The van der Waals surface area contributed by atoms with Crippen molar-refractivity contribution < 1.29 is 9.47 Å². The second-order valence-electron chi connectivity index (χ2n) is 6.86. The van der Waals surface area contributed by atoms with Crippen molar-refractivity contribution in [3.63, 3.8) is 0 Å². The van der Waals surface area contributed by atoms with Crippen molar-refractivity contribution in [1.82, 2.24) is 19.7 Å². The van der Waals surface area contributed by atoms with Crippen molar-refractivity contribution in [2.45, 2.75) is 0 Å². The van der Waals surface area contributed by atoms with Crippen LogP contribution in [0.5, 0.6) is 5.75 Å². The van der Waals surface area contributed by atoms with Gasteiger partial charge in [0.2, 0.25) is 0 Å². The molecule has 1 aliphatic rings. The third-order valence-corrected chi connectivity index (χ3v) is 6.04. The number of morpholine rings is 1. The average Bonchev–Trinajstić information content (AvgIpc) is 3.48. The highest BCUT2D eigenvalue weighted by Gasteiger charge is 2.13. The fourth-order valence-corrected chi connectivity index (χ4v) is 4.32. The lowest BCUT2D eigenvalue weighted by Gasteiger charge is -2.27. The Morgan fingerprint density at radius 1 is 1.19 bits per heavy atom. The number of anilines is 2. The van der Waals surface area contributed by atoms with E-state index in [0.717, 1.165) is 48.0 Å². The Morgan fingerprint density at radius 3 is 2.97 bits per heavy atom. The molecule has 0 bridgehead atoms. The van der Waals surface area contributed by atoms with Crippen LogP contribution in [0.2, 0.25) is 0 Å². The second kappa shape index (κ2) is 8.70. The SMILES string of the molecule is COc1cccc(-n2ncc3c(N/N=C/c4ccc(N5CCOCC5)s4)ncnc32)c1. The Morgan fingerprint density at radius 2 is 2.10 bits per heavy atom. The van der Waals surface area contributed by atoms with E-state index in [9.17, 15) is 0 Å². The van der Waals surface area contributed by atoms with Crippen molar-refractivity contribution in [3.05, 3.63) is 53.8 Å². The van der Waals surface area contributed by atoms with Gasteiger partial charge in [0.15, 0.2) is 11.5 Å². The summed E-state index contributed by atoms with van der Waals surface area (Å²) in [6, 6.07) is 11.8. The highest BCUT2D eigenvalue weighted by Crippen LogP contribution is 2.26. The van der Waals surface area contributed by atoms with Gasteiger partial charge in [0.25, 0.3) is 0 Å². The molecule has 0 saturated carbocycles. The zero-order valence-corrected chi connectivity index (χ0v) is 17.7. The average molecular weight is 436 g/mol. The molecular formula is C21H21N7O2S. The van der Waals surface area contributed by atoms with E-state index in [0.29, 0.717) is 11.5 Å². The van der Waals surface area contributed by atoms with Crippen LogP contribution in [-0.4, -0.2) is 59.4 Å². The van der Waals surface area contributed by atoms with Crippen molar-refractivity contribution in [1.29, 1.82) is 0 Å². The molecule has 158 valence electrons. The van der Waals surface area contributed by atoms with Gasteiger partial charge in [0.1, 0.15) is 12.1 Å². The molecule has 0 aliphatic carbocycles. The predicted octanol–water partition coefficient (Wildman–Crippen LogP) is 3.17. The zero-order chi connectivity index (χ0) is 21.0. The number of nitrogens with zero attached hydrogens (tertiary/aromatic N) is 6. The van der Waals surface area contributed by atoms with Crippen LogP contribution >= 0.6 is 11.3 Å². The largest absolute Gasteiger partial charge is 0.497 e. The lowest BCUT2D eigenvalue weighted by atomic mass is 10.3. The third kappa shape index (κ3) is 4.07. The molecule has 1 N–H and O–H groups in total. The number of hydrogen-bond acceptors (Lipinski definition) is 9. The van der Waals surface area contributed by atoms with Crippen LogP contribution in [0.1, 0.15) is 4.88 Å². The van der Waals surface area contributed by atoms with Crippen LogP contribution in [0.3, 0.4) is 0 Å². The van der Waals surface area contributed by atoms with Crippen molar-refractivity contribution in [3.8, 4) is 11.4 Å². The molecule has 0 radical (unpaired) electrons. The summed E-state index contributed by atoms with van der Waals surface area (Å²) in [6.07, 6.45) is 5.03. The topological polar surface area (TPSA) is 89.7 Å². The zero-order valence-electron chi connectivity index (χ0n) is 16.9. The second-order valence-corrected chi connectivity index (χ2v) is 7.96. The normalized spacial score (nSPS) is 14.4. The van der Waals surface area contributed by atoms with Gasteiger partial charge in [-0.3, -0.25) is 5.43 Å². The number of fused-ring (bicyclic) bond motifs is 1. The molecule has 1 saturated heterocycles. The summed E-state index contributed by atoms with van der Waals surface area (Å²) in [6.45, 7) is 3.39. The van der Waals surface area contributed by atoms with Crippen LogP contribution in [0.25, 0.3) is 16.7 Å². The fraction of sp³-hybridized carbons (Fsp3) is 0.238. The minimum Gasteiger partial charge on any atom is -0.497 e. The summed E-state index contributed by atoms with van der Waals surface area (Å²) in [4.78, 5) is 12.1. The number of hydrazone groups is 1. The van der Waals surface area contributed by atoms with Gasteiger partial charge in [-0.05, 0) is 24.3 Å². The maximum absolute atomic E-state index is 5.42. The van der Waals surface area contributed by atoms with Crippen molar-refractivity contribution in [2.24, 2.45) is 5.10 Å². The number of rotatable bonds is 6. The standard InChI is InChI=1S/C21H21N7O2S/c1-29-16-4-2-3-15(11-16)28-21-18(13-25-28)20(22-14-23-21)26-24-12-17-5-6-19(31-17)27-7-9-30-10-8-27/h2-6,11-14H,7-10H2,1H3,(H,22,23,26)/b24-12+. The number of benzene rings is 1. The monoisotopic (exact) mass is 435 g/mol. The molecule has 9 nitrogen and oxygen atoms in total. The smallest absolute Gasteiger partial charge is 0.168 e. The highest BCUT2D eigenvalue weighted by molar-refractivity contribution is 7.17.